The molecule has 0 aliphatic heterocycles. The standard InChI is InChI=1S/C11H26N2O/c1-10(2)6-5-7-12-8-11(14)9-13(3)4/h10-12,14H,5-9H2,1-4H3. The summed E-state index contributed by atoms with van der Waals surface area (Å²) in [4.78, 5) is 2.00. The third-order valence-electron chi connectivity index (χ3n) is 2.09. The molecule has 0 aromatic carbocycles. The van der Waals surface area contributed by atoms with Crippen molar-refractivity contribution < 1.29 is 5.11 Å². The first-order valence-corrected chi connectivity index (χ1v) is 5.56. The zero-order valence-corrected chi connectivity index (χ0v) is 10.1. The minimum absolute atomic E-state index is 0.246. The Kier molecular flexibility index (Phi) is 8.14. The Morgan fingerprint density at radius 3 is 2.43 bits per heavy atom. The van der Waals surface area contributed by atoms with E-state index in [1.165, 1.54) is 12.8 Å². The summed E-state index contributed by atoms with van der Waals surface area (Å²) in [6.45, 7) is 6.93. The number of aliphatic hydroxyl groups is 1. The van der Waals surface area contributed by atoms with Crippen LogP contribution in [0.3, 0.4) is 0 Å². The molecule has 0 bridgehead atoms. The van der Waals surface area contributed by atoms with Crippen LogP contribution in [-0.2, 0) is 0 Å². The van der Waals surface area contributed by atoms with E-state index in [1.807, 2.05) is 19.0 Å². The van der Waals surface area contributed by atoms with E-state index in [1.54, 1.807) is 0 Å². The van der Waals surface area contributed by atoms with E-state index in [2.05, 4.69) is 19.2 Å². The lowest BCUT2D eigenvalue weighted by Gasteiger charge is -2.16. The molecule has 86 valence electrons. The number of nitrogens with one attached hydrogen (secondary N) is 1. The highest BCUT2D eigenvalue weighted by Gasteiger charge is 2.03. The van der Waals surface area contributed by atoms with Crippen molar-refractivity contribution in [3.8, 4) is 0 Å². The first kappa shape index (κ1) is 13.9. The summed E-state index contributed by atoms with van der Waals surface area (Å²) in [7, 11) is 3.95. The lowest BCUT2D eigenvalue weighted by molar-refractivity contribution is 0.135. The molecule has 2 N–H and O–H groups in total. The van der Waals surface area contributed by atoms with Crippen molar-refractivity contribution in [2.75, 3.05) is 33.7 Å². The van der Waals surface area contributed by atoms with Crippen molar-refractivity contribution in [1.82, 2.24) is 10.2 Å². The number of likely N-dealkylation sites (N-methyl/N-ethyl adjacent to an activating group) is 1. The normalized spacial score (nSPS) is 13.9. The topological polar surface area (TPSA) is 35.5 Å². The maximum absolute atomic E-state index is 9.52. The second kappa shape index (κ2) is 8.21. The zero-order chi connectivity index (χ0) is 11.0. The van der Waals surface area contributed by atoms with Gasteiger partial charge in [-0.15, -0.1) is 0 Å². The van der Waals surface area contributed by atoms with E-state index in [4.69, 9.17) is 0 Å². The number of nitrogens with zero attached hydrogens (tertiary/aromatic N) is 1. The fourth-order valence-electron chi connectivity index (χ4n) is 1.39. The zero-order valence-electron chi connectivity index (χ0n) is 10.1. The molecular weight excluding hydrogens is 176 g/mol. The van der Waals surface area contributed by atoms with Crippen LogP contribution < -0.4 is 5.32 Å². The number of rotatable bonds is 8. The maximum atomic E-state index is 9.52. The molecule has 3 nitrogen and oxygen atoms in total. The summed E-state index contributed by atoms with van der Waals surface area (Å²) >= 11 is 0. The predicted octanol–water partition coefficient (Wildman–Crippen LogP) is 0.935. The fourth-order valence-corrected chi connectivity index (χ4v) is 1.39. The molecule has 0 heterocycles. The summed E-state index contributed by atoms with van der Waals surface area (Å²) in [5.41, 5.74) is 0. The molecule has 3 heteroatoms. The molecule has 0 spiro atoms. The summed E-state index contributed by atoms with van der Waals surface area (Å²) in [6.07, 6.45) is 2.22. The van der Waals surface area contributed by atoms with E-state index in [0.29, 0.717) is 6.54 Å². The van der Waals surface area contributed by atoms with Gasteiger partial charge in [0.2, 0.25) is 0 Å². The van der Waals surface area contributed by atoms with Gasteiger partial charge in [-0.05, 0) is 39.4 Å². The van der Waals surface area contributed by atoms with Gasteiger partial charge in [-0.1, -0.05) is 13.8 Å². The Morgan fingerprint density at radius 1 is 1.29 bits per heavy atom. The van der Waals surface area contributed by atoms with Crippen molar-refractivity contribution in [2.24, 2.45) is 5.92 Å². The summed E-state index contributed by atoms with van der Waals surface area (Å²) in [5, 5.41) is 12.8. The van der Waals surface area contributed by atoms with Gasteiger partial charge in [-0.2, -0.15) is 0 Å². The maximum Gasteiger partial charge on any atom is 0.0791 e. The van der Waals surface area contributed by atoms with E-state index >= 15 is 0 Å². The lowest BCUT2D eigenvalue weighted by atomic mass is 10.1. The van der Waals surface area contributed by atoms with Gasteiger partial charge in [-0.3, -0.25) is 0 Å². The molecule has 0 rings (SSSR count). The van der Waals surface area contributed by atoms with Crippen LogP contribution in [0, 0.1) is 5.92 Å². The Hall–Kier alpha value is -0.120. The quantitative estimate of drug-likeness (QED) is 0.575. The predicted molar refractivity (Wildman–Crippen MR) is 61.5 cm³/mol. The van der Waals surface area contributed by atoms with Crippen LogP contribution >= 0.6 is 0 Å². The Bertz CT molecular complexity index is 126. The molecule has 0 aliphatic carbocycles. The molecule has 0 fully saturated rings. The highest BCUT2D eigenvalue weighted by atomic mass is 16.3. The molecule has 0 aliphatic rings. The van der Waals surface area contributed by atoms with Gasteiger partial charge in [-0.25, -0.2) is 0 Å². The second-order valence-corrected chi connectivity index (χ2v) is 4.66. The number of hydrogen-bond acceptors (Lipinski definition) is 3. The highest BCUT2D eigenvalue weighted by Crippen LogP contribution is 2.01. The van der Waals surface area contributed by atoms with Crippen LogP contribution in [0.1, 0.15) is 26.7 Å². The summed E-state index contributed by atoms with van der Waals surface area (Å²) < 4.78 is 0. The van der Waals surface area contributed by atoms with Crippen molar-refractivity contribution >= 4 is 0 Å². The highest BCUT2D eigenvalue weighted by molar-refractivity contribution is 4.62. The average Bonchev–Trinajstić information content (AvgIpc) is 2.01. The molecule has 0 amide bonds. The molecule has 0 radical (unpaired) electrons. The smallest absolute Gasteiger partial charge is 0.0791 e. The van der Waals surface area contributed by atoms with E-state index in [9.17, 15) is 5.11 Å². The van der Waals surface area contributed by atoms with Crippen LogP contribution in [-0.4, -0.2) is 49.8 Å². The Balaban J connectivity index is 3.19. The molecule has 0 aromatic rings. The van der Waals surface area contributed by atoms with Gasteiger partial charge in [0.15, 0.2) is 0 Å². The first-order chi connectivity index (χ1) is 6.52. The van der Waals surface area contributed by atoms with Crippen LogP contribution in [0.15, 0.2) is 0 Å². The minimum Gasteiger partial charge on any atom is -0.390 e. The van der Waals surface area contributed by atoms with Gasteiger partial charge in [0, 0.05) is 13.1 Å². The van der Waals surface area contributed by atoms with Crippen molar-refractivity contribution in [1.29, 1.82) is 0 Å². The van der Waals surface area contributed by atoms with E-state index < -0.39 is 0 Å². The van der Waals surface area contributed by atoms with Gasteiger partial charge >= 0.3 is 0 Å². The van der Waals surface area contributed by atoms with Gasteiger partial charge in [0.05, 0.1) is 6.10 Å². The monoisotopic (exact) mass is 202 g/mol. The van der Waals surface area contributed by atoms with Crippen molar-refractivity contribution in [2.45, 2.75) is 32.8 Å². The van der Waals surface area contributed by atoms with Gasteiger partial charge in [0.25, 0.3) is 0 Å². The van der Waals surface area contributed by atoms with Crippen LogP contribution in [0.4, 0.5) is 0 Å². The Labute approximate surface area is 88.5 Å². The van der Waals surface area contributed by atoms with Crippen molar-refractivity contribution in [3.05, 3.63) is 0 Å². The average molecular weight is 202 g/mol. The molecular formula is C11H26N2O. The van der Waals surface area contributed by atoms with Crippen LogP contribution in [0.2, 0.25) is 0 Å². The van der Waals surface area contributed by atoms with E-state index in [-0.39, 0.29) is 6.10 Å². The minimum atomic E-state index is -0.246. The molecule has 1 unspecified atom stereocenters. The molecule has 14 heavy (non-hydrogen) atoms. The first-order valence-electron chi connectivity index (χ1n) is 5.56. The van der Waals surface area contributed by atoms with Crippen LogP contribution in [0.25, 0.3) is 0 Å². The second-order valence-electron chi connectivity index (χ2n) is 4.66. The summed E-state index contributed by atoms with van der Waals surface area (Å²) in [6, 6.07) is 0. The number of hydrogen-bond donors (Lipinski definition) is 2. The molecule has 0 aromatic heterocycles. The van der Waals surface area contributed by atoms with Crippen LogP contribution in [0.5, 0.6) is 0 Å². The molecule has 0 saturated heterocycles. The largest absolute Gasteiger partial charge is 0.390 e. The molecule has 1 atom stereocenters. The lowest BCUT2D eigenvalue weighted by Crippen LogP contribution is -2.35. The molecule has 0 saturated carbocycles. The SMILES string of the molecule is CC(C)CCCNCC(O)CN(C)C. The van der Waals surface area contributed by atoms with Gasteiger partial charge < -0.3 is 15.3 Å². The van der Waals surface area contributed by atoms with Gasteiger partial charge in [0.1, 0.15) is 0 Å². The number of aliphatic hydroxyl groups excluding tert-OH is 1. The fraction of sp³-hybridized carbons (Fsp3) is 1.00. The third kappa shape index (κ3) is 9.96. The van der Waals surface area contributed by atoms with Crippen molar-refractivity contribution in [3.63, 3.8) is 0 Å². The summed E-state index contributed by atoms with van der Waals surface area (Å²) in [5.74, 6) is 0.781. The third-order valence-corrected chi connectivity index (χ3v) is 2.09. The Morgan fingerprint density at radius 2 is 1.93 bits per heavy atom. The van der Waals surface area contributed by atoms with E-state index in [0.717, 1.165) is 19.0 Å².